The van der Waals surface area contributed by atoms with Gasteiger partial charge in [-0.05, 0) is 48.0 Å². The third-order valence-electron chi connectivity index (χ3n) is 5.12. The summed E-state index contributed by atoms with van der Waals surface area (Å²) in [7, 11) is 1.77. The lowest BCUT2D eigenvalue weighted by Gasteiger charge is -2.12. The SMILES string of the molecule is CNc1ccc(-c2ccc(-c3cc(C(=O)O)c4cc(C(F)(F)F)ccc4n3)cc2F)cc1. The Hall–Kier alpha value is -3.94. The van der Waals surface area contributed by atoms with Crippen LogP contribution in [0.2, 0.25) is 0 Å². The predicted molar refractivity (Wildman–Crippen MR) is 114 cm³/mol. The van der Waals surface area contributed by atoms with Crippen LogP contribution in [0.5, 0.6) is 0 Å². The Morgan fingerprint density at radius 3 is 2.22 bits per heavy atom. The summed E-state index contributed by atoms with van der Waals surface area (Å²) in [6, 6.07) is 15.4. The number of carboxylic acid groups (broad SMARTS) is 1. The topological polar surface area (TPSA) is 62.2 Å². The Labute approximate surface area is 180 Å². The number of aromatic carboxylic acids is 1. The van der Waals surface area contributed by atoms with Gasteiger partial charge in [-0.15, -0.1) is 0 Å². The monoisotopic (exact) mass is 440 g/mol. The Morgan fingerprint density at radius 1 is 0.938 bits per heavy atom. The van der Waals surface area contributed by atoms with Crippen molar-refractivity contribution in [3.63, 3.8) is 0 Å². The normalized spacial score (nSPS) is 11.5. The van der Waals surface area contributed by atoms with Gasteiger partial charge in [0.25, 0.3) is 0 Å². The number of rotatable bonds is 4. The first kappa shape index (κ1) is 21.3. The lowest BCUT2D eigenvalue weighted by molar-refractivity contribution is -0.137. The molecule has 2 N–H and O–H groups in total. The van der Waals surface area contributed by atoms with Crippen LogP contribution >= 0.6 is 0 Å². The minimum Gasteiger partial charge on any atom is -0.478 e. The van der Waals surface area contributed by atoms with E-state index in [1.165, 1.54) is 6.07 Å². The van der Waals surface area contributed by atoms with Crippen LogP contribution in [0, 0.1) is 5.82 Å². The second kappa shape index (κ2) is 7.96. The number of hydrogen-bond donors (Lipinski definition) is 2. The van der Waals surface area contributed by atoms with Crippen LogP contribution in [0.4, 0.5) is 23.2 Å². The number of nitrogens with zero attached hydrogens (tertiary/aromatic N) is 1. The van der Waals surface area contributed by atoms with Crippen LogP contribution in [0.1, 0.15) is 15.9 Å². The molecular weight excluding hydrogens is 424 g/mol. The van der Waals surface area contributed by atoms with E-state index in [9.17, 15) is 27.5 Å². The Balaban J connectivity index is 1.80. The number of anilines is 1. The van der Waals surface area contributed by atoms with Crippen molar-refractivity contribution in [1.82, 2.24) is 4.98 Å². The maximum absolute atomic E-state index is 14.9. The average Bonchev–Trinajstić information content (AvgIpc) is 2.77. The molecule has 0 radical (unpaired) electrons. The zero-order valence-corrected chi connectivity index (χ0v) is 16.7. The van der Waals surface area contributed by atoms with E-state index in [1.807, 2.05) is 12.1 Å². The highest BCUT2D eigenvalue weighted by molar-refractivity contribution is 6.04. The zero-order valence-electron chi connectivity index (χ0n) is 16.7. The number of alkyl halides is 3. The summed E-state index contributed by atoms with van der Waals surface area (Å²) in [5.41, 5.74) is 1.09. The molecule has 1 aromatic heterocycles. The summed E-state index contributed by atoms with van der Waals surface area (Å²) in [5, 5.41) is 12.4. The summed E-state index contributed by atoms with van der Waals surface area (Å²) in [5.74, 6) is -1.94. The maximum atomic E-state index is 14.9. The number of carbonyl (C=O) groups is 1. The smallest absolute Gasteiger partial charge is 0.416 e. The zero-order chi connectivity index (χ0) is 23.0. The van der Waals surface area contributed by atoms with E-state index in [1.54, 1.807) is 31.3 Å². The highest BCUT2D eigenvalue weighted by Crippen LogP contribution is 2.34. The van der Waals surface area contributed by atoms with Gasteiger partial charge in [-0.3, -0.25) is 0 Å². The van der Waals surface area contributed by atoms with E-state index in [-0.39, 0.29) is 22.2 Å². The van der Waals surface area contributed by atoms with E-state index < -0.39 is 23.5 Å². The maximum Gasteiger partial charge on any atom is 0.416 e. The average molecular weight is 440 g/mol. The van der Waals surface area contributed by atoms with Crippen molar-refractivity contribution in [2.45, 2.75) is 6.18 Å². The summed E-state index contributed by atoms with van der Waals surface area (Å²) >= 11 is 0. The Bertz CT molecular complexity index is 1330. The van der Waals surface area contributed by atoms with Crippen LogP contribution < -0.4 is 5.32 Å². The number of hydrogen-bond acceptors (Lipinski definition) is 3. The molecule has 0 amide bonds. The first-order valence-electron chi connectivity index (χ1n) is 9.51. The molecule has 0 unspecified atom stereocenters. The summed E-state index contributed by atoms with van der Waals surface area (Å²) in [6.07, 6.45) is -4.62. The number of halogens is 4. The summed E-state index contributed by atoms with van der Waals surface area (Å²) in [4.78, 5) is 16.0. The van der Waals surface area contributed by atoms with Gasteiger partial charge in [0.15, 0.2) is 0 Å². The van der Waals surface area contributed by atoms with Crippen molar-refractivity contribution in [1.29, 1.82) is 0 Å². The fourth-order valence-corrected chi connectivity index (χ4v) is 3.45. The van der Waals surface area contributed by atoms with Gasteiger partial charge in [0, 0.05) is 29.2 Å². The molecule has 0 fully saturated rings. The molecule has 0 atom stereocenters. The van der Waals surface area contributed by atoms with Crippen molar-refractivity contribution in [3.8, 4) is 22.4 Å². The highest BCUT2D eigenvalue weighted by Gasteiger charge is 2.31. The Kier molecular flexibility index (Phi) is 5.30. The van der Waals surface area contributed by atoms with Gasteiger partial charge in [-0.25, -0.2) is 14.2 Å². The van der Waals surface area contributed by atoms with Crippen LogP contribution in [-0.2, 0) is 6.18 Å². The van der Waals surface area contributed by atoms with Gasteiger partial charge in [-0.1, -0.05) is 24.3 Å². The highest BCUT2D eigenvalue weighted by atomic mass is 19.4. The van der Waals surface area contributed by atoms with Crippen LogP contribution in [-0.4, -0.2) is 23.1 Å². The fraction of sp³-hybridized carbons (Fsp3) is 0.0833. The van der Waals surface area contributed by atoms with Crippen molar-refractivity contribution in [3.05, 3.63) is 83.7 Å². The molecular formula is C24H16F4N2O2. The molecule has 0 aliphatic rings. The van der Waals surface area contributed by atoms with E-state index in [0.29, 0.717) is 16.7 Å². The number of nitrogens with one attached hydrogen (secondary N) is 1. The molecule has 8 heteroatoms. The minimum absolute atomic E-state index is 0.0695. The van der Waals surface area contributed by atoms with Gasteiger partial charge in [0.2, 0.25) is 0 Å². The van der Waals surface area contributed by atoms with Crippen molar-refractivity contribution in [2.75, 3.05) is 12.4 Å². The minimum atomic E-state index is -4.62. The quantitative estimate of drug-likeness (QED) is 0.357. The van der Waals surface area contributed by atoms with Gasteiger partial charge in [0.1, 0.15) is 5.82 Å². The molecule has 0 bridgehead atoms. The van der Waals surface area contributed by atoms with Crippen molar-refractivity contribution in [2.24, 2.45) is 0 Å². The van der Waals surface area contributed by atoms with Gasteiger partial charge >= 0.3 is 12.1 Å². The number of benzene rings is 3. The van der Waals surface area contributed by atoms with Crippen LogP contribution in [0.25, 0.3) is 33.3 Å². The molecule has 1 heterocycles. The molecule has 4 aromatic rings. The number of aromatic nitrogens is 1. The third kappa shape index (κ3) is 3.99. The molecule has 3 aromatic carbocycles. The second-order valence-corrected chi connectivity index (χ2v) is 7.11. The van der Waals surface area contributed by atoms with Crippen LogP contribution in [0.15, 0.2) is 66.7 Å². The standard InChI is InChI=1S/C24H16F4N2O2/c1-29-16-6-2-13(3-7-16)17-8-4-14(10-20(17)25)22-12-19(23(31)32)18-11-15(24(26,27)28)5-9-21(18)30-22/h2-12,29H,1H3,(H,31,32). The summed E-state index contributed by atoms with van der Waals surface area (Å²) < 4.78 is 54.0. The van der Waals surface area contributed by atoms with Gasteiger partial charge in [-0.2, -0.15) is 13.2 Å². The molecule has 0 spiro atoms. The Morgan fingerprint density at radius 2 is 1.62 bits per heavy atom. The molecule has 0 saturated carbocycles. The molecule has 4 nitrogen and oxygen atoms in total. The first-order valence-corrected chi connectivity index (χ1v) is 9.51. The molecule has 32 heavy (non-hydrogen) atoms. The largest absolute Gasteiger partial charge is 0.478 e. The number of pyridine rings is 1. The van der Waals surface area contributed by atoms with Gasteiger partial charge in [0.05, 0.1) is 22.3 Å². The number of carboxylic acids is 1. The van der Waals surface area contributed by atoms with Crippen molar-refractivity contribution < 1.29 is 27.5 Å². The lowest BCUT2D eigenvalue weighted by Crippen LogP contribution is -2.06. The van der Waals surface area contributed by atoms with E-state index in [4.69, 9.17) is 0 Å². The fourth-order valence-electron chi connectivity index (χ4n) is 3.45. The van der Waals surface area contributed by atoms with Crippen molar-refractivity contribution >= 4 is 22.6 Å². The predicted octanol–water partition coefficient (Wildman–Crippen LogP) is 6.47. The van der Waals surface area contributed by atoms with E-state index in [2.05, 4.69) is 10.3 Å². The van der Waals surface area contributed by atoms with Gasteiger partial charge < -0.3 is 10.4 Å². The second-order valence-electron chi connectivity index (χ2n) is 7.11. The molecule has 162 valence electrons. The van der Waals surface area contributed by atoms with Crippen LogP contribution in [0.3, 0.4) is 0 Å². The third-order valence-corrected chi connectivity index (χ3v) is 5.12. The molecule has 0 saturated heterocycles. The molecule has 4 rings (SSSR count). The first-order chi connectivity index (χ1) is 15.2. The lowest BCUT2D eigenvalue weighted by atomic mass is 9.99. The summed E-state index contributed by atoms with van der Waals surface area (Å²) in [6.45, 7) is 0. The molecule has 0 aliphatic heterocycles. The van der Waals surface area contributed by atoms with E-state index in [0.717, 1.165) is 30.0 Å². The molecule has 0 aliphatic carbocycles. The van der Waals surface area contributed by atoms with E-state index >= 15 is 0 Å². The number of fused-ring (bicyclic) bond motifs is 1.